The number of aliphatic hydroxyl groups is 1. The van der Waals surface area contributed by atoms with Crippen molar-refractivity contribution in [1.29, 1.82) is 0 Å². The van der Waals surface area contributed by atoms with E-state index in [9.17, 15) is 14.4 Å². The summed E-state index contributed by atoms with van der Waals surface area (Å²) in [5, 5.41) is 15.1. The number of ether oxygens (including phenoxy) is 1. The molecule has 3 aliphatic rings. The molecule has 8 nitrogen and oxygen atoms in total. The van der Waals surface area contributed by atoms with E-state index in [1.165, 1.54) is 0 Å². The van der Waals surface area contributed by atoms with Gasteiger partial charge in [0.25, 0.3) is 0 Å². The molecule has 3 fully saturated rings. The van der Waals surface area contributed by atoms with Gasteiger partial charge < -0.3 is 25.4 Å². The molecule has 0 aromatic heterocycles. The number of hydrogen-bond acceptors (Lipinski definition) is 5. The molecule has 1 spiro atoms. The molecule has 0 radical (unpaired) electrons. The minimum absolute atomic E-state index is 0.142. The van der Waals surface area contributed by atoms with Crippen molar-refractivity contribution in [3.05, 3.63) is 66.2 Å². The molecule has 2 unspecified atom stereocenters. The van der Waals surface area contributed by atoms with Crippen molar-refractivity contribution in [3.8, 4) is 0 Å². The van der Waals surface area contributed by atoms with Crippen molar-refractivity contribution < 1.29 is 24.2 Å². The first-order chi connectivity index (χ1) is 18.4. The average Bonchev–Trinajstić information content (AvgIpc) is 3.49. The number of unbranched alkanes of at least 4 members (excludes halogenated alkanes) is 3. The van der Waals surface area contributed by atoms with Crippen LogP contribution in [0.2, 0.25) is 0 Å². The number of amides is 3. The van der Waals surface area contributed by atoms with Gasteiger partial charge >= 0.3 is 0 Å². The third-order valence-corrected chi connectivity index (χ3v) is 8.47. The molecule has 3 heterocycles. The number of likely N-dealkylation sites (tertiary alicyclic amines) is 1. The molecule has 8 heteroatoms. The summed E-state index contributed by atoms with van der Waals surface area (Å²) >= 11 is 0. The smallest absolute Gasteiger partial charge is 0.246 e. The Bertz CT molecular complexity index is 1160. The lowest BCUT2D eigenvalue weighted by atomic mass is 9.66. The summed E-state index contributed by atoms with van der Waals surface area (Å²) in [6.07, 6.45) is 4.29. The van der Waals surface area contributed by atoms with Crippen LogP contribution in [0.4, 0.5) is 5.69 Å². The van der Waals surface area contributed by atoms with Crippen LogP contribution in [0.5, 0.6) is 0 Å². The summed E-state index contributed by atoms with van der Waals surface area (Å²) in [6.45, 7) is 2.81. The van der Waals surface area contributed by atoms with E-state index in [2.05, 4.69) is 10.6 Å². The van der Waals surface area contributed by atoms with Crippen molar-refractivity contribution in [2.75, 3.05) is 18.5 Å². The van der Waals surface area contributed by atoms with Crippen molar-refractivity contribution >= 4 is 23.4 Å². The van der Waals surface area contributed by atoms with Crippen LogP contribution in [0.15, 0.2) is 60.7 Å². The van der Waals surface area contributed by atoms with E-state index in [-0.39, 0.29) is 24.3 Å². The van der Waals surface area contributed by atoms with Crippen LogP contribution in [0.3, 0.4) is 0 Å². The van der Waals surface area contributed by atoms with Crippen LogP contribution in [0.25, 0.3) is 0 Å². The maximum Gasteiger partial charge on any atom is 0.246 e. The van der Waals surface area contributed by atoms with Gasteiger partial charge in [-0.25, -0.2) is 0 Å². The Hall–Kier alpha value is -3.23. The number of fused-ring (bicyclic) bond motifs is 1. The molecule has 5 atom stereocenters. The van der Waals surface area contributed by atoms with E-state index >= 15 is 0 Å². The van der Waals surface area contributed by atoms with Crippen LogP contribution >= 0.6 is 0 Å². The lowest BCUT2D eigenvalue weighted by molar-refractivity contribution is -0.145. The second kappa shape index (κ2) is 10.9. The molecule has 3 N–H and O–H groups in total. The first kappa shape index (κ1) is 26.4. The first-order valence-electron chi connectivity index (χ1n) is 13.7. The third-order valence-electron chi connectivity index (χ3n) is 8.47. The van der Waals surface area contributed by atoms with Crippen molar-refractivity contribution in [1.82, 2.24) is 10.2 Å². The zero-order valence-corrected chi connectivity index (χ0v) is 21.9. The van der Waals surface area contributed by atoms with E-state index in [0.29, 0.717) is 38.0 Å². The summed E-state index contributed by atoms with van der Waals surface area (Å²) in [5.41, 5.74) is -0.208. The van der Waals surface area contributed by atoms with Crippen molar-refractivity contribution in [2.45, 2.75) is 69.2 Å². The summed E-state index contributed by atoms with van der Waals surface area (Å²) < 4.78 is 6.66. The van der Waals surface area contributed by atoms with E-state index < -0.39 is 29.1 Å². The van der Waals surface area contributed by atoms with Gasteiger partial charge in [-0.1, -0.05) is 61.4 Å². The largest absolute Gasteiger partial charge is 0.396 e. The Kier molecular flexibility index (Phi) is 7.54. The van der Waals surface area contributed by atoms with E-state index in [4.69, 9.17) is 9.84 Å². The number of aliphatic hydroxyl groups excluding tert-OH is 1. The molecule has 2 aromatic carbocycles. The monoisotopic (exact) mass is 519 g/mol. The average molecular weight is 520 g/mol. The highest BCUT2D eigenvalue weighted by Gasteiger charge is 2.77. The summed E-state index contributed by atoms with van der Waals surface area (Å²) in [4.78, 5) is 43.1. The topological polar surface area (TPSA) is 108 Å². The van der Waals surface area contributed by atoms with Crippen LogP contribution < -0.4 is 10.6 Å². The quantitative estimate of drug-likeness (QED) is 0.395. The van der Waals surface area contributed by atoms with Crippen LogP contribution in [-0.4, -0.2) is 58.1 Å². The summed E-state index contributed by atoms with van der Waals surface area (Å²) in [6, 6.07) is 18.1. The molecule has 2 aromatic rings. The number of para-hydroxylation sites is 1. The third kappa shape index (κ3) is 4.71. The first-order valence-corrected chi connectivity index (χ1v) is 13.7. The zero-order valence-electron chi connectivity index (χ0n) is 21.9. The van der Waals surface area contributed by atoms with Crippen LogP contribution in [-0.2, 0) is 25.7 Å². The Morgan fingerprint density at radius 2 is 1.66 bits per heavy atom. The molecule has 3 aliphatic heterocycles. The van der Waals surface area contributed by atoms with Crippen molar-refractivity contribution in [2.24, 2.45) is 11.8 Å². The van der Waals surface area contributed by atoms with Gasteiger partial charge in [0.2, 0.25) is 17.7 Å². The number of anilines is 1. The maximum atomic E-state index is 14.0. The lowest BCUT2D eigenvalue weighted by Crippen LogP contribution is -2.55. The van der Waals surface area contributed by atoms with Gasteiger partial charge in [-0.2, -0.15) is 0 Å². The second-order valence-corrected chi connectivity index (χ2v) is 11.0. The highest BCUT2D eigenvalue weighted by Crippen LogP contribution is 2.63. The Morgan fingerprint density at radius 1 is 0.974 bits per heavy atom. The number of hydrogen-bond donors (Lipinski definition) is 3. The van der Waals surface area contributed by atoms with Gasteiger partial charge in [0, 0.05) is 25.4 Å². The minimum Gasteiger partial charge on any atom is -0.396 e. The molecule has 5 rings (SSSR count). The van der Waals surface area contributed by atoms with Gasteiger partial charge in [0.15, 0.2) is 0 Å². The predicted molar refractivity (Wildman–Crippen MR) is 143 cm³/mol. The molecule has 202 valence electrons. The lowest BCUT2D eigenvalue weighted by Gasteiger charge is -2.33. The van der Waals surface area contributed by atoms with Gasteiger partial charge in [-0.15, -0.1) is 0 Å². The fourth-order valence-corrected chi connectivity index (χ4v) is 6.74. The Balaban J connectivity index is 1.41. The number of carbonyl (C=O) groups excluding carboxylic acids is 3. The predicted octanol–water partition coefficient (Wildman–Crippen LogP) is 3.26. The van der Waals surface area contributed by atoms with Gasteiger partial charge in [-0.05, 0) is 50.3 Å². The van der Waals surface area contributed by atoms with Crippen molar-refractivity contribution in [3.63, 3.8) is 0 Å². The molecular weight excluding hydrogens is 482 g/mol. The van der Waals surface area contributed by atoms with E-state index in [1.54, 1.807) is 4.90 Å². The van der Waals surface area contributed by atoms with Crippen LogP contribution in [0, 0.1) is 11.8 Å². The maximum absolute atomic E-state index is 14.0. The van der Waals surface area contributed by atoms with E-state index in [1.807, 2.05) is 67.6 Å². The SMILES string of the molecule is C[C@@]12CCC3(O1)C(C(=O)NCc1ccccc1)N(CCCCCCO)C(=O)[C@@H]3[C@@H]2C(=O)Nc1ccccc1. The molecule has 2 bridgehead atoms. The molecule has 0 aliphatic carbocycles. The standard InChI is InChI=1S/C30H37N3O5/c1-29-16-17-30(38-29)24(23(29)26(35)32-22-14-8-5-9-15-22)28(37)33(18-10-2-3-11-19-34)25(30)27(36)31-20-21-12-6-4-7-13-21/h4-9,12-15,23-25,34H,2-3,10-11,16-20H2,1H3,(H,31,36)(H,32,35)/t23-,24+,25?,29+,30?/m1/s1. The number of nitrogens with zero attached hydrogens (tertiary/aromatic N) is 1. The fourth-order valence-electron chi connectivity index (χ4n) is 6.74. The molecule has 3 amide bonds. The van der Waals surface area contributed by atoms with Gasteiger partial charge in [0.1, 0.15) is 11.6 Å². The molecular formula is C30H37N3O5. The molecule has 3 saturated heterocycles. The fraction of sp³-hybridized carbons (Fsp3) is 0.500. The summed E-state index contributed by atoms with van der Waals surface area (Å²) in [7, 11) is 0. The summed E-state index contributed by atoms with van der Waals surface area (Å²) in [5.74, 6) is -2.06. The number of benzene rings is 2. The number of rotatable bonds is 11. The highest BCUT2D eigenvalue weighted by atomic mass is 16.5. The second-order valence-electron chi connectivity index (χ2n) is 11.0. The number of nitrogens with one attached hydrogen (secondary N) is 2. The van der Waals surface area contributed by atoms with Gasteiger partial charge in [0.05, 0.1) is 17.4 Å². The Labute approximate surface area is 223 Å². The van der Waals surface area contributed by atoms with Crippen LogP contribution in [0.1, 0.15) is 51.0 Å². The van der Waals surface area contributed by atoms with E-state index in [0.717, 1.165) is 24.8 Å². The normalized spacial score (nSPS) is 29.4. The minimum atomic E-state index is -1.03. The van der Waals surface area contributed by atoms with Gasteiger partial charge in [-0.3, -0.25) is 14.4 Å². The molecule has 0 saturated carbocycles. The molecule has 38 heavy (non-hydrogen) atoms. The number of carbonyl (C=O) groups is 3. The zero-order chi connectivity index (χ0) is 26.8. The Morgan fingerprint density at radius 3 is 2.37 bits per heavy atom. The highest BCUT2D eigenvalue weighted by molar-refractivity contribution is 6.02.